The summed E-state index contributed by atoms with van der Waals surface area (Å²) in [5, 5.41) is 28.0. The van der Waals surface area contributed by atoms with E-state index in [-0.39, 0.29) is 13.0 Å². The number of aryl methyl sites for hydroxylation is 2. The first-order valence-electron chi connectivity index (χ1n) is 6.93. The van der Waals surface area contributed by atoms with Crippen molar-refractivity contribution in [2.24, 2.45) is 0 Å². The van der Waals surface area contributed by atoms with Gasteiger partial charge in [-0.1, -0.05) is 0 Å². The molecule has 0 spiro atoms. The Morgan fingerprint density at radius 1 is 1.57 bits per heavy atom. The number of carbonyl (C=O) groups excluding carboxylic acids is 1. The summed E-state index contributed by atoms with van der Waals surface area (Å²) in [5.74, 6) is -1.09. The predicted octanol–water partition coefficient (Wildman–Crippen LogP) is -0.120. The maximum absolute atomic E-state index is 12.0. The lowest BCUT2D eigenvalue weighted by Crippen LogP contribution is -2.46. The lowest BCUT2D eigenvalue weighted by atomic mass is 10.1. The van der Waals surface area contributed by atoms with Crippen LogP contribution in [0.1, 0.15) is 24.1 Å². The first kappa shape index (κ1) is 15.3. The zero-order valence-electron chi connectivity index (χ0n) is 11.9. The molecule has 116 valence electrons. The van der Waals surface area contributed by atoms with Crippen LogP contribution in [0.4, 0.5) is 4.79 Å². The molecule has 8 heteroatoms. The molecule has 0 aliphatic carbocycles. The lowest BCUT2D eigenvalue weighted by molar-refractivity contribution is -0.141. The third-order valence-electron chi connectivity index (χ3n) is 3.66. The molecule has 2 heterocycles. The van der Waals surface area contributed by atoms with E-state index in [1.165, 1.54) is 4.90 Å². The van der Waals surface area contributed by atoms with Gasteiger partial charge in [0.25, 0.3) is 0 Å². The van der Waals surface area contributed by atoms with Crippen LogP contribution < -0.4 is 5.32 Å². The molecule has 0 saturated carbocycles. The SMILES string of the molecule is Cc1[nH]ncc1CCCNC(=O)N1C[C@@H](O)C[C@H]1C(=O)O. The number of amides is 2. The maximum atomic E-state index is 12.0. The number of likely N-dealkylation sites (tertiary alicyclic amines) is 1. The van der Waals surface area contributed by atoms with Gasteiger partial charge in [0.2, 0.25) is 0 Å². The van der Waals surface area contributed by atoms with E-state index in [0.717, 1.165) is 24.1 Å². The molecule has 0 radical (unpaired) electrons. The van der Waals surface area contributed by atoms with Crippen LogP contribution in [0.3, 0.4) is 0 Å². The molecule has 2 atom stereocenters. The predicted molar refractivity (Wildman–Crippen MR) is 73.8 cm³/mol. The molecular formula is C13H20N4O4. The fourth-order valence-electron chi connectivity index (χ4n) is 2.48. The van der Waals surface area contributed by atoms with Gasteiger partial charge in [-0.2, -0.15) is 5.10 Å². The number of nitrogens with one attached hydrogen (secondary N) is 2. The number of β-amino-alcohol motifs (C(OH)–C–C–N with tert-alkyl or cyclic N) is 1. The highest BCUT2D eigenvalue weighted by atomic mass is 16.4. The molecule has 0 unspecified atom stereocenters. The molecule has 1 aliphatic heterocycles. The Labute approximate surface area is 122 Å². The Bertz CT molecular complexity index is 516. The van der Waals surface area contributed by atoms with Crippen molar-refractivity contribution in [3.63, 3.8) is 0 Å². The van der Waals surface area contributed by atoms with Gasteiger partial charge in [0.05, 0.1) is 12.3 Å². The highest BCUT2D eigenvalue weighted by Crippen LogP contribution is 2.18. The summed E-state index contributed by atoms with van der Waals surface area (Å²) < 4.78 is 0. The van der Waals surface area contributed by atoms with Gasteiger partial charge in [-0.15, -0.1) is 0 Å². The van der Waals surface area contributed by atoms with E-state index in [9.17, 15) is 14.7 Å². The Hall–Kier alpha value is -2.09. The zero-order valence-corrected chi connectivity index (χ0v) is 11.9. The number of carboxylic acids is 1. The topological polar surface area (TPSA) is 119 Å². The third kappa shape index (κ3) is 3.72. The summed E-state index contributed by atoms with van der Waals surface area (Å²) >= 11 is 0. The number of aliphatic hydroxyl groups is 1. The van der Waals surface area contributed by atoms with Gasteiger partial charge in [0.15, 0.2) is 0 Å². The number of aromatic amines is 1. The molecule has 2 rings (SSSR count). The second kappa shape index (κ2) is 6.57. The van der Waals surface area contributed by atoms with Gasteiger partial charge >= 0.3 is 12.0 Å². The van der Waals surface area contributed by atoms with Crippen molar-refractivity contribution in [2.75, 3.05) is 13.1 Å². The van der Waals surface area contributed by atoms with Gasteiger partial charge in [0, 0.05) is 25.2 Å². The molecule has 0 aromatic carbocycles. The van der Waals surface area contributed by atoms with Crippen molar-refractivity contribution >= 4 is 12.0 Å². The molecule has 0 bridgehead atoms. The van der Waals surface area contributed by atoms with E-state index in [0.29, 0.717) is 6.54 Å². The standard InChI is InChI=1S/C13H20N4O4/c1-8-9(6-15-16-8)3-2-4-14-13(21)17-7-10(18)5-11(17)12(19)20/h6,10-11,18H,2-5,7H2,1H3,(H,14,21)(H,15,16)(H,19,20)/t10-,11-/m0/s1. The quantitative estimate of drug-likeness (QED) is 0.565. The Morgan fingerprint density at radius 2 is 2.33 bits per heavy atom. The summed E-state index contributed by atoms with van der Waals surface area (Å²) in [6.07, 6.45) is 2.59. The number of rotatable bonds is 5. The Morgan fingerprint density at radius 3 is 2.95 bits per heavy atom. The van der Waals surface area contributed by atoms with E-state index in [2.05, 4.69) is 15.5 Å². The van der Waals surface area contributed by atoms with E-state index in [1.54, 1.807) is 6.20 Å². The largest absolute Gasteiger partial charge is 0.480 e. The Kier molecular flexibility index (Phi) is 4.79. The number of hydrogen-bond donors (Lipinski definition) is 4. The molecule has 1 aromatic rings. The van der Waals surface area contributed by atoms with Crippen molar-refractivity contribution < 1.29 is 19.8 Å². The number of nitrogens with zero attached hydrogens (tertiary/aromatic N) is 2. The molecule has 4 N–H and O–H groups in total. The van der Waals surface area contributed by atoms with Gasteiger partial charge in [-0.25, -0.2) is 9.59 Å². The minimum Gasteiger partial charge on any atom is -0.480 e. The smallest absolute Gasteiger partial charge is 0.326 e. The number of aromatic nitrogens is 2. The maximum Gasteiger partial charge on any atom is 0.326 e. The molecule has 1 fully saturated rings. The first-order valence-corrected chi connectivity index (χ1v) is 6.93. The number of carbonyl (C=O) groups is 2. The number of carboxylic acid groups (broad SMARTS) is 1. The van der Waals surface area contributed by atoms with Gasteiger partial charge in [-0.05, 0) is 25.3 Å². The monoisotopic (exact) mass is 296 g/mol. The third-order valence-corrected chi connectivity index (χ3v) is 3.66. The lowest BCUT2D eigenvalue weighted by Gasteiger charge is -2.21. The highest BCUT2D eigenvalue weighted by Gasteiger charge is 2.38. The van der Waals surface area contributed by atoms with Crippen LogP contribution in [-0.2, 0) is 11.2 Å². The summed E-state index contributed by atoms with van der Waals surface area (Å²) in [5.41, 5.74) is 2.11. The van der Waals surface area contributed by atoms with E-state index < -0.39 is 24.1 Å². The average Bonchev–Trinajstić information content (AvgIpc) is 3.01. The number of urea groups is 1. The van der Waals surface area contributed by atoms with E-state index >= 15 is 0 Å². The fourth-order valence-corrected chi connectivity index (χ4v) is 2.48. The molecule has 1 aromatic heterocycles. The molecule has 21 heavy (non-hydrogen) atoms. The number of hydrogen-bond acceptors (Lipinski definition) is 4. The van der Waals surface area contributed by atoms with Crippen LogP contribution in [-0.4, -0.2) is 62.5 Å². The van der Waals surface area contributed by atoms with Crippen LogP contribution in [0.5, 0.6) is 0 Å². The van der Waals surface area contributed by atoms with Crippen LogP contribution in [0.25, 0.3) is 0 Å². The highest BCUT2D eigenvalue weighted by molar-refractivity contribution is 5.83. The van der Waals surface area contributed by atoms with Crippen molar-refractivity contribution in [3.8, 4) is 0 Å². The van der Waals surface area contributed by atoms with E-state index in [1.807, 2.05) is 6.92 Å². The van der Waals surface area contributed by atoms with Gasteiger partial charge in [0.1, 0.15) is 6.04 Å². The number of H-pyrrole nitrogens is 1. The second-order valence-electron chi connectivity index (χ2n) is 5.25. The van der Waals surface area contributed by atoms with Gasteiger partial charge in [-0.3, -0.25) is 5.10 Å². The van der Waals surface area contributed by atoms with Crippen LogP contribution >= 0.6 is 0 Å². The van der Waals surface area contributed by atoms with Crippen molar-refractivity contribution in [3.05, 3.63) is 17.5 Å². The second-order valence-corrected chi connectivity index (χ2v) is 5.25. The van der Waals surface area contributed by atoms with Crippen molar-refractivity contribution in [1.29, 1.82) is 0 Å². The molecule has 1 aliphatic rings. The Balaban J connectivity index is 1.76. The molecule has 2 amide bonds. The summed E-state index contributed by atoms with van der Waals surface area (Å²) in [4.78, 5) is 24.2. The van der Waals surface area contributed by atoms with Crippen molar-refractivity contribution in [2.45, 2.75) is 38.3 Å². The number of aliphatic carboxylic acids is 1. The van der Waals surface area contributed by atoms with Crippen LogP contribution in [0.2, 0.25) is 0 Å². The zero-order chi connectivity index (χ0) is 15.4. The van der Waals surface area contributed by atoms with Gasteiger partial charge < -0.3 is 20.4 Å². The summed E-state index contributed by atoms with van der Waals surface area (Å²) in [6.45, 7) is 2.44. The molecular weight excluding hydrogens is 276 g/mol. The van der Waals surface area contributed by atoms with Crippen LogP contribution in [0.15, 0.2) is 6.20 Å². The van der Waals surface area contributed by atoms with Crippen LogP contribution in [0, 0.1) is 6.92 Å². The normalized spacial score (nSPS) is 21.5. The number of aliphatic hydroxyl groups excluding tert-OH is 1. The first-order chi connectivity index (χ1) is 9.99. The minimum atomic E-state index is -1.09. The summed E-state index contributed by atoms with van der Waals surface area (Å²) in [6, 6.07) is -1.39. The minimum absolute atomic E-state index is 0.0592. The fraction of sp³-hybridized carbons (Fsp3) is 0.615. The molecule has 8 nitrogen and oxygen atoms in total. The van der Waals surface area contributed by atoms with E-state index in [4.69, 9.17) is 5.11 Å². The van der Waals surface area contributed by atoms with Crippen molar-refractivity contribution in [1.82, 2.24) is 20.4 Å². The summed E-state index contributed by atoms with van der Waals surface area (Å²) in [7, 11) is 0. The average molecular weight is 296 g/mol. The molecule has 1 saturated heterocycles.